The molecule has 2 aromatic carbocycles. The average molecular weight is 577 g/mol. The van der Waals surface area contributed by atoms with Crippen LogP contribution in [0.25, 0.3) is 33.1 Å². The van der Waals surface area contributed by atoms with Crippen molar-refractivity contribution in [1.82, 2.24) is 29.0 Å². The maximum Gasteiger partial charge on any atom is 0.256 e. The standard InChI is InChI=1S/C29H26ClFN6O4/c1-29(5-7-36(8-6-29)27(40)14-38)37-16-33-24-13-32-23-11-22(31)19(10-20(23)28(24)37)18-4-3-17(9-21(18)30)41-25-12-26(39)35(2)15-34-25/h3-4,9-13,15-16,38H,5-8,14H2,1-2H3. The lowest BCUT2D eigenvalue weighted by Gasteiger charge is -2.40. The minimum absolute atomic E-state index is 0.121. The second-order valence-electron chi connectivity index (χ2n) is 10.4. The Balaban J connectivity index is 1.39. The number of aromatic nitrogens is 5. The lowest BCUT2D eigenvalue weighted by atomic mass is 9.88. The summed E-state index contributed by atoms with van der Waals surface area (Å²) in [7, 11) is 1.59. The normalized spacial score (nSPS) is 15.0. The molecule has 0 atom stereocenters. The highest BCUT2D eigenvalue weighted by Gasteiger charge is 2.34. The van der Waals surface area contributed by atoms with Gasteiger partial charge in [-0.2, -0.15) is 0 Å². The molecule has 1 amide bonds. The van der Waals surface area contributed by atoms with Crippen molar-refractivity contribution in [3.8, 4) is 22.8 Å². The van der Waals surface area contributed by atoms with E-state index in [1.54, 1.807) is 48.7 Å². The molecule has 0 spiro atoms. The summed E-state index contributed by atoms with van der Waals surface area (Å²) in [6.07, 6.45) is 6.08. The van der Waals surface area contributed by atoms with Crippen molar-refractivity contribution in [2.24, 2.45) is 7.05 Å². The van der Waals surface area contributed by atoms with Crippen LogP contribution in [0.1, 0.15) is 19.8 Å². The first kappa shape index (κ1) is 26.9. The van der Waals surface area contributed by atoms with Crippen LogP contribution in [0.4, 0.5) is 4.39 Å². The molecule has 10 nitrogen and oxygen atoms in total. The maximum absolute atomic E-state index is 15.5. The summed E-state index contributed by atoms with van der Waals surface area (Å²) >= 11 is 6.62. The molecule has 41 heavy (non-hydrogen) atoms. The molecule has 210 valence electrons. The summed E-state index contributed by atoms with van der Waals surface area (Å²) in [5, 5.41) is 10.2. The zero-order valence-electron chi connectivity index (χ0n) is 22.3. The van der Waals surface area contributed by atoms with Crippen molar-refractivity contribution in [2.45, 2.75) is 25.3 Å². The number of imidazole rings is 1. The second kappa shape index (κ2) is 10.2. The molecule has 6 rings (SSSR count). The molecule has 1 aliphatic heterocycles. The summed E-state index contributed by atoms with van der Waals surface area (Å²) in [6, 6.07) is 9.22. The number of hydrogen-bond acceptors (Lipinski definition) is 7. The van der Waals surface area contributed by atoms with Gasteiger partial charge in [0.15, 0.2) is 0 Å². The van der Waals surface area contributed by atoms with Crippen LogP contribution >= 0.6 is 11.6 Å². The second-order valence-corrected chi connectivity index (χ2v) is 10.8. The monoisotopic (exact) mass is 576 g/mol. The number of carbonyl (C=O) groups is 1. The van der Waals surface area contributed by atoms with E-state index in [0.29, 0.717) is 53.7 Å². The maximum atomic E-state index is 15.5. The van der Waals surface area contributed by atoms with Gasteiger partial charge in [0.25, 0.3) is 5.56 Å². The highest BCUT2D eigenvalue weighted by atomic mass is 35.5. The van der Waals surface area contributed by atoms with Gasteiger partial charge in [0, 0.05) is 54.3 Å². The molecular weight excluding hydrogens is 551 g/mol. The van der Waals surface area contributed by atoms with Gasteiger partial charge in [-0.3, -0.25) is 14.6 Å². The minimum Gasteiger partial charge on any atom is -0.439 e. The van der Waals surface area contributed by atoms with Crippen LogP contribution in [0.2, 0.25) is 5.02 Å². The van der Waals surface area contributed by atoms with Gasteiger partial charge in [-0.05, 0) is 38.0 Å². The summed E-state index contributed by atoms with van der Waals surface area (Å²) < 4.78 is 24.6. The molecule has 0 radical (unpaired) electrons. The van der Waals surface area contributed by atoms with Gasteiger partial charge in [0.2, 0.25) is 11.8 Å². The van der Waals surface area contributed by atoms with Crippen molar-refractivity contribution in [3.63, 3.8) is 0 Å². The number of pyridine rings is 1. The van der Waals surface area contributed by atoms with Crippen molar-refractivity contribution in [1.29, 1.82) is 0 Å². The smallest absolute Gasteiger partial charge is 0.256 e. The number of carbonyl (C=O) groups excluding carboxylic acids is 1. The number of hydrogen-bond donors (Lipinski definition) is 1. The first-order valence-corrected chi connectivity index (χ1v) is 13.4. The molecule has 0 unspecified atom stereocenters. The first-order chi connectivity index (χ1) is 19.7. The molecule has 3 aromatic heterocycles. The zero-order valence-corrected chi connectivity index (χ0v) is 23.1. The van der Waals surface area contributed by atoms with E-state index < -0.39 is 12.4 Å². The number of piperidine rings is 1. The number of rotatable bonds is 5. The number of likely N-dealkylation sites (tertiary alicyclic amines) is 1. The number of aliphatic hydroxyl groups is 1. The summed E-state index contributed by atoms with van der Waals surface area (Å²) in [5.74, 6) is -0.298. The van der Waals surface area contributed by atoms with E-state index >= 15 is 4.39 Å². The van der Waals surface area contributed by atoms with Crippen molar-refractivity contribution < 1.29 is 19.0 Å². The Labute approximate surface area is 238 Å². The summed E-state index contributed by atoms with van der Waals surface area (Å²) in [6.45, 7) is 2.62. The zero-order chi connectivity index (χ0) is 28.9. The fourth-order valence-corrected chi connectivity index (χ4v) is 5.58. The fourth-order valence-electron chi connectivity index (χ4n) is 5.31. The van der Waals surface area contributed by atoms with Crippen LogP contribution in [-0.2, 0) is 17.4 Å². The third-order valence-electron chi connectivity index (χ3n) is 7.78. The highest BCUT2D eigenvalue weighted by molar-refractivity contribution is 6.33. The number of aryl methyl sites for hydroxylation is 1. The van der Waals surface area contributed by atoms with Gasteiger partial charge in [-0.15, -0.1) is 0 Å². The molecule has 1 fully saturated rings. The van der Waals surface area contributed by atoms with E-state index in [0.717, 1.165) is 5.52 Å². The van der Waals surface area contributed by atoms with Crippen LogP contribution in [-0.4, -0.2) is 59.7 Å². The Morgan fingerprint density at radius 1 is 1.07 bits per heavy atom. The average Bonchev–Trinajstić information content (AvgIpc) is 3.41. The predicted octanol–water partition coefficient (Wildman–Crippen LogP) is 4.26. The molecule has 0 aliphatic carbocycles. The summed E-state index contributed by atoms with van der Waals surface area (Å²) in [5.41, 5.74) is 2.08. The number of aliphatic hydroxyl groups excluding tert-OH is 1. The van der Waals surface area contributed by atoms with Gasteiger partial charge in [-0.1, -0.05) is 11.6 Å². The minimum atomic E-state index is -0.506. The van der Waals surface area contributed by atoms with E-state index in [2.05, 4.69) is 26.4 Å². The van der Waals surface area contributed by atoms with E-state index in [1.165, 1.54) is 23.0 Å². The molecule has 1 aliphatic rings. The van der Waals surface area contributed by atoms with E-state index in [1.807, 2.05) is 0 Å². The lowest BCUT2D eigenvalue weighted by Crippen LogP contribution is -2.47. The number of amides is 1. The topological polar surface area (TPSA) is 115 Å². The van der Waals surface area contributed by atoms with Crippen LogP contribution < -0.4 is 10.3 Å². The van der Waals surface area contributed by atoms with E-state index in [9.17, 15) is 14.7 Å². The molecule has 5 aromatic rings. The van der Waals surface area contributed by atoms with Gasteiger partial charge in [-0.25, -0.2) is 14.4 Å². The third kappa shape index (κ3) is 4.81. The molecule has 1 N–H and O–H groups in total. The van der Waals surface area contributed by atoms with Crippen LogP contribution in [0.3, 0.4) is 0 Å². The number of benzene rings is 2. The highest BCUT2D eigenvalue weighted by Crippen LogP contribution is 2.39. The van der Waals surface area contributed by atoms with Gasteiger partial charge >= 0.3 is 0 Å². The predicted molar refractivity (Wildman–Crippen MR) is 152 cm³/mol. The largest absolute Gasteiger partial charge is 0.439 e. The molecule has 0 bridgehead atoms. The van der Waals surface area contributed by atoms with Gasteiger partial charge in [0.05, 0.1) is 34.6 Å². The van der Waals surface area contributed by atoms with Gasteiger partial charge < -0.3 is 23.9 Å². The molecule has 1 saturated heterocycles. The first-order valence-electron chi connectivity index (χ1n) is 13.0. The summed E-state index contributed by atoms with van der Waals surface area (Å²) in [4.78, 5) is 38.7. The van der Waals surface area contributed by atoms with Crippen molar-refractivity contribution >= 4 is 39.4 Å². The van der Waals surface area contributed by atoms with Crippen LogP contribution in [0.15, 0.2) is 60.0 Å². The van der Waals surface area contributed by atoms with Crippen molar-refractivity contribution in [3.05, 3.63) is 76.4 Å². The van der Waals surface area contributed by atoms with Crippen LogP contribution in [0, 0.1) is 5.82 Å². The Morgan fingerprint density at radius 3 is 2.56 bits per heavy atom. The Morgan fingerprint density at radius 2 is 1.85 bits per heavy atom. The number of halogens is 2. The molecular formula is C29H26ClFN6O4. The van der Waals surface area contributed by atoms with Crippen LogP contribution in [0.5, 0.6) is 11.6 Å². The number of ether oxygens (including phenoxy) is 1. The number of fused-ring (bicyclic) bond motifs is 3. The molecule has 4 heterocycles. The molecule has 0 saturated carbocycles. The Hall–Kier alpha value is -4.35. The number of nitrogens with zero attached hydrogens (tertiary/aromatic N) is 6. The van der Waals surface area contributed by atoms with E-state index in [4.69, 9.17) is 16.3 Å². The Kier molecular flexibility index (Phi) is 6.71. The quantitative estimate of drug-likeness (QED) is 0.332. The van der Waals surface area contributed by atoms with Crippen molar-refractivity contribution in [2.75, 3.05) is 19.7 Å². The third-order valence-corrected chi connectivity index (χ3v) is 8.09. The SMILES string of the molecule is Cn1cnc(Oc2ccc(-c3cc4c(cc3F)ncc3ncn(C5(C)CCN(C(=O)CO)CC5)c34)c(Cl)c2)cc1=O. The van der Waals surface area contributed by atoms with Gasteiger partial charge in [0.1, 0.15) is 30.0 Å². The van der Waals surface area contributed by atoms with E-state index in [-0.39, 0.29) is 33.5 Å². The fraction of sp³-hybridized carbons (Fsp3) is 0.276. The molecule has 12 heteroatoms. The Bertz CT molecular complexity index is 1880. The lowest BCUT2D eigenvalue weighted by molar-refractivity contribution is -0.136.